The lowest BCUT2D eigenvalue weighted by molar-refractivity contribution is 0.0942. The molecule has 25 heavy (non-hydrogen) atoms. The summed E-state index contributed by atoms with van der Waals surface area (Å²) in [5, 5.41) is 13.0. The fourth-order valence-electron chi connectivity index (χ4n) is 2.25. The van der Waals surface area contributed by atoms with E-state index >= 15 is 0 Å². The Morgan fingerprint density at radius 3 is 2.72 bits per heavy atom. The van der Waals surface area contributed by atoms with Crippen molar-refractivity contribution >= 4 is 17.7 Å². The van der Waals surface area contributed by atoms with Crippen molar-refractivity contribution in [2.75, 3.05) is 6.26 Å². The van der Waals surface area contributed by atoms with Gasteiger partial charge in [0, 0.05) is 6.54 Å². The second-order valence-electron chi connectivity index (χ2n) is 5.19. The van der Waals surface area contributed by atoms with Crippen molar-refractivity contribution in [3.05, 3.63) is 65.8 Å². The Labute approximate surface area is 147 Å². The second kappa shape index (κ2) is 7.40. The maximum absolute atomic E-state index is 12.9. The highest BCUT2D eigenvalue weighted by Gasteiger charge is 2.19. The molecule has 2 N–H and O–H groups in total. The van der Waals surface area contributed by atoms with E-state index in [4.69, 9.17) is 4.42 Å². The first-order valence-corrected chi connectivity index (χ1v) is 8.65. The Morgan fingerprint density at radius 1 is 1.32 bits per heavy atom. The highest BCUT2D eigenvalue weighted by molar-refractivity contribution is 7.98. The van der Waals surface area contributed by atoms with E-state index in [1.807, 2.05) is 0 Å². The molecule has 128 valence electrons. The summed E-state index contributed by atoms with van der Waals surface area (Å²) >= 11 is 1.30. The highest BCUT2D eigenvalue weighted by atomic mass is 32.2. The van der Waals surface area contributed by atoms with Gasteiger partial charge in [-0.1, -0.05) is 12.1 Å². The molecular formula is C18H15FN2O3S. The fraction of sp³-hybridized carbons (Fsp3) is 0.111. The van der Waals surface area contributed by atoms with Gasteiger partial charge in [0.1, 0.15) is 11.5 Å². The predicted molar refractivity (Wildman–Crippen MR) is 93.0 cm³/mol. The van der Waals surface area contributed by atoms with E-state index in [-0.39, 0.29) is 23.8 Å². The van der Waals surface area contributed by atoms with Gasteiger partial charge in [0.25, 0.3) is 5.91 Å². The van der Waals surface area contributed by atoms with E-state index < -0.39 is 5.91 Å². The van der Waals surface area contributed by atoms with Crippen molar-refractivity contribution in [2.45, 2.75) is 11.4 Å². The van der Waals surface area contributed by atoms with Gasteiger partial charge < -0.3 is 14.8 Å². The van der Waals surface area contributed by atoms with E-state index in [0.717, 1.165) is 5.56 Å². The SMILES string of the molecule is CSc1cc(-c2ccco2)nc(C(=O)NCc2ccc(F)cc2)c1O. The molecule has 3 aromatic rings. The Hall–Kier alpha value is -2.80. The molecule has 0 aliphatic heterocycles. The lowest BCUT2D eigenvalue weighted by atomic mass is 10.2. The number of amides is 1. The number of pyridine rings is 1. The highest BCUT2D eigenvalue weighted by Crippen LogP contribution is 2.33. The van der Waals surface area contributed by atoms with Crippen LogP contribution >= 0.6 is 11.8 Å². The molecule has 3 rings (SSSR count). The van der Waals surface area contributed by atoms with Gasteiger partial charge >= 0.3 is 0 Å². The second-order valence-corrected chi connectivity index (χ2v) is 6.04. The van der Waals surface area contributed by atoms with Crippen LogP contribution in [0.1, 0.15) is 16.1 Å². The largest absolute Gasteiger partial charge is 0.504 e. The van der Waals surface area contributed by atoms with E-state index in [1.54, 1.807) is 36.6 Å². The first kappa shape index (κ1) is 17.0. The fourth-order valence-corrected chi connectivity index (χ4v) is 2.77. The molecule has 0 unspecified atom stereocenters. The van der Waals surface area contributed by atoms with Crippen molar-refractivity contribution in [1.29, 1.82) is 0 Å². The number of nitrogens with one attached hydrogen (secondary N) is 1. The molecule has 0 fully saturated rings. The summed E-state index contributed by atoms with van der Waals surface area (Å²) in [7, 11) is 0. The molecule has 7 heteroatoms. The Balaban J connectivity index is 1.85. The summed E-state index contributed by atoms with van der Waals surface area (Å²) in [5.74, 6) is -0.544. The van der Waals surface area contributed by atoms with Gasteiger partial charge in [-0.25, -0.2) is 9.37 Å². The van der Waals surface area contributed by atoms with Gasteiger partial charge in [0.2, 0.25) is 0 Å². The molecule has 1 aromatic carbocycles. The van der Waals surface area contributed by atoms with E-state index in [1.165, 1.54) is 30.2 Å². The number of hydrogen-bond acceptors (Lipinski definition) is 5. The first-order valence-electron chi connectivity index (χ1n) is 7.43. The molecule has 0 bridgehead atoms. The lowest BCUT2D eigenvalue weighted by Crippen LogP contribution is -2.24. The van der Waals surface area contributed by atoms with Crippen LogP contribution in [0.5, 0.6) is 5.75 Å². The minimum atomic E-state index is -0.523. The molecule has 0 radical (unpaired) electrons. The standard InChI is InChI=1S/C18H15FN2O3S/c1-25-15-9-13(14-3-2-8-24-14)21-16(17(15)22)18(23)20-10-11-4-6-12(19)7-5-11/h2-9,22H,10H2,1H3,(H,20,23). The number of rotatable bonds is 5. The molecule has 0 atom stereocenters. The van der Waals surface area contributed by atoms with Crippen LogP contribution in [0, 0.1) is 5.82 Å². The zero-order chi connectivity index (χ0) is 17.8. The van der Waals surface area contributed by atoms with Gasteiger partial charge in [-0.3, -0.25) is 4.79 Å². The molecule has 1 amide bonds. The number of nitrogens with zero attached hydrogens (tertiary/aromatic N) is 1. The lowest BCUT2D eigenvalue weighted by Gasteiger charge is -2.10. The maximum atomic E-state index is 12.9. The Bertz CT molecular complexity index is 880. The van der Waals surface area contributed by atoms with E-state index in [9.17, 15) is 14.3 Å². The monoisotopic (exact) mass is 358 g/mol. The van der Waals surface area contributed by atoms with Crippen LogP contribution in [0.4, 0.5) is 4.39 Å². The number of benzene rings is 1. The smallest absolute Gasteiger partial charge is 0.274 e. The number of furan rings is 1. The van der Waals surface area contributed by atoms with Crippen molar-refractivity contribution in [3.63, 3.8) is 0 Å². The number of carbonyl (C=O) groups excluding carboxylic acids is 1. The minimum absolute atomic E-state index is 0.0830. The van der Waals surface area contributed by atoms with Gasteiger partial charge in [0.05, 0.1) is 11.2 Å². The summed E-state index contributed by atoms with van der Waals surface area (Å²) in [6.07, 6.45) is 3.30. The Morgan fingerprint density at radius 2 is 2.08 bits per heavy atom. The van der Waals surface area contributed by atoms with Gasteiger partial charge in [-0.05, 0) is 42.2 Å². The molecule has 2 aromatic heterocycles. The normalized spacial score (nSPS) is 10.6. The quantitative estimate of drug-likeness (QED) is 0.678. The summed E-state index contributed by atoms with van der Waals surface area (Å²) in [6.45, 7) is 0.194. The number of hydrogen-bond donors (Lipinski definition) is 2. The van der Waals surface area contributed by atoms with Crippen LogP contribution in [-0.2, 0) is 6.54 Å². The zero-order valence-electron chi connectivity index (χ0n) is 13.3. The Kier molecular flexibility index (Phi) is 5.04. The van der Waals surface area contributed by atoms with Gasteiger partial charge in [0.15, 0.2) is 17.2 Å². The topological polar surface area (TPSA) is 75.4 Å². The van der Waals surface area contributed by atoms with E-state index in [2.05, 4.69) is 10.3 Å². The van der Waals surface area contributed by atoms with Crippen LogP contribution in [-0.4, -0.2) is 22.3 Å². The predicted octanol–water partition coefficient (Wildman–Crippen LogP) is 3.84. The van der Waals surface area contributed by atoms with Crippen LogP contribution < -0.4 is 5.32 Å². The minimum Gasteiger partial charge on any atom is -0.504 e. The van der Waals surface area contributed by atoms with E-state index in [0.29, 0.717) is 16.3 Å². The van der Waals surface area contributed by atoms with Crippen LogP contribution in [0.3, 0.4) is 0 Å². The van der Waals surface area contributed by atoms with Crippen LogP contribution in [0.15, 0.2) is 58.0 Å². The summed E-state index contributed by atoms with van der Waals surface area (Å²) in [4.78, 5) is 17.2. The van der Waals surface area contributed by atoms with Crippen molar-refractivity contribution in [2.24, 2.45) is 0 Å². The van der Waals surface area contributed by atoms with Crippen LogP contribution in [0.25, 0.3) is 11.5 Å². The van der Waals surface area contributed by atoms with Gasteiger partial charge in [-0.15, -0.1) is 11.8 Å². The number of aromatic hydroxyl groups is 1. The molecule has 0 spiro atoms. The number of thioether (sulfide) groups is 1. The third-order valence-electron chi connectivity index (χ3n) is 3.53. The molecule has 0 saturated heterocycles. The first-order chi connectivity index (χ1) is 12.1. The molecule has 2 heterocycles. The number of carbonyl (C=O) groups is 1. The summed E-state index contributed by atoms with van der Waals surface area (Å²) in [6, 6.07) is 10.9. The van der Waals surface area contributed by atoms with Crippen molar-refractivity contribution < 1.29 is 18.7 Å². The third-order valence-corrected chi connectivity index (χ3v) is 4.28. The summed E-state index contributed by atoms with van der Waals surface area (Å²) in [5.41, 5.74) is 1.11. The molecule has 0 aliphatic rings. The average molecular weight is 358 g/mol. The number of aromatic nitrogens is 1. The van der Waals surface area contributed by atoms with Gasteiger partial charge in [-0.2, -0.15) is 0 Å². The van der Waals surface area contributed by atoms with Crippen molar-refractivity contribution in [3.8, 4) is 17.2 Å². The molecule has 5 nitrogen and oxygen atoms in total. The average Bonchev–Trinajstić information content (AvgIpc) is 3.16. The van der Waals surface area contributed by atoms with Crippen molar-refractivity contribution in [1.82, 2.24) is 10.3 Å². The molecule has 0 aliphatic carbocycles. The third kappa shape index (κ3) is 3.83. The maximum Gasteiger partial charge on any atom is 0.274 e. The summed E-state index contributed by atoms with van der Waals surface area (Å²) < 4.78 is 18.2. The van der Waals surface area contributed by atoms with Crippen LogP contribution in [0.2, 0.25) is 0 Å². The molecule has 0 saturated carbocycles. The molecular weight excluding hydrogens is 343 g/mol. The number of halogens is 1. The zero-order valence-corrected chi connectivity index (χ0v) is 14.1.